The number of benzene rings is 1. The fourth-order valence-corrected chi connectivity index (χ4v) is 1.73. The molecule has 0 amide bonds. The molecule has 0 radical (unpaired) electrons. The van der Waals surface area contributed by atoms with Crippen LogP contribution in [0.1, 0.15) is 10.6 Å². The van der Waals surface area contributed by atoms with Gasteiger partial charge in [-0.2, -0.15) is 0 Å². The van der Waals surface area contributed by atoms with Crippen molar-refractivity contribution in [1.82, 2.24) is 4.98 Å². The fraction of sp³-hybridized carbons (Fsp3) is 0. The van der Waals surface area contributed by atoms with Gasteiger partial charge in [0.15, 0.2) is 0 Å². The molecule has 0 saturated heterocycles. The Labute approximate surface area is 93.4 Å². The summed E-state index contributed by atoms with van der Waals surface area (Å²) in [5.74, 6) is 0. The van der Waals surface area contributed by atoms with Gasteiger partial charge in [0.2, 0.25) is 0 Å². The van der Waals surface area contributed by atoms with E-state index < -0.39 is 0 Å². The molecule has 1 aromatic carbocycles. The van der Waals surface area contributed by atoms with Gasteiger partial charge < -0.3 is 0 Å². The van der Waals surface area contributed by atoms with Crippen LogP contribution in [0, 0.1) is 0 Å². The van der Waals surface area contributed by atoms with Gasteiger partial charge in [-0.3, -0.25) is 0 Å². The molecule has 0 unspecified atom stereocenters. The van der Waals surface area contributed by atoms with Crippen molar-refractivity contribution in [3.63, 3.8) is 0 Å². The second kappa shape index (κ2) is 5.27. The molecule has 0 N–H and O–H groups in total. The molecule has 2 aromatic rings. The highest BCUT2D eigenvalue weighted by atomic mass is 32.1. The number of allylic oxidation sites excluding steroid dienone is 2. The molecule has 0 fully saturated rings. The molecule has 0 aliphatic rings. The molecule has 15 heavy (non-hydrogen) atoms. The Balaban J connectivity index is 1.96. The van der Waals surface area contributed by atoms with Crippen molar-refractivity contribution in [2.45, 2.75) is 0 Å². The van der Waals surface area contributed by atoms with Gasteiger partial charge in [0.05, 0.1) is 0 Å². The third-order valence-corrected chi connectivity index (χ3v) is 2.63. The maximum atomic E-state index is 4.16. The number of nitrogens with zero attached hydrogens (tertiary/aromatic N) is 1. The predicted molar refractivity (Wildman–Crippen MR) is 66.6 cm³/mol. The molecule has 0 aliphatic carbocycles. The zero-order valence-electron chi connectivity index (χ0n) is 8.21. The minimum Gasteiger partial charge on any atom is -0.245 e. The van der Waals surface area contributed by atoms with Crippen LogP contribution in [-0.4, -0.2) is 4.98 Å². The van der Waals surface area contributed by atoms with Crippen LogP contribution in [0.2, 0.25) is 0 Å². The number of hydrogen-bond donors (Lipinski definition) is 0. The maximum absolute atomic E-state index is 4.16. The largest absolute Gasteiger partial charge is 0.245 e. The van der Waals surface area contributed by atoms with Crippen molar-refractivity contribution < 1.29 is 0 Å². The Bertz CT molecular complexity index is 441. The molecular formula is C13H11NS. The molecule has 0 aliphatic heterocycles. The lowest BCUT2D eigenvalue weighted by molar-refractivity contribution is 1.39. The van der Waals surface area contributed by atoms with E-state index in [1.165, 1.54) is 5.56 Å². The van der Waals surface area contributed by atoms with Crippen LogP contribution >= 0.6 is 11.3 Å². The lowest BCUT2D eigenvalue weighted by atomic mass is 10.2. The summed E-state index contributed by atoms with van der Waals surface area (Å²) in [6.07, 6.45) is 9.92. The zero-order chi connectivity index (χ0) is 10.3. The molecule has 1 nitrogen and oxygen atoms in total. The van der Waals surface area contributed by atoms with Gasteiger partial charge in [0.1, 0.15) is 5.01 Å². The Morgan fingerprint density at radius 1 is 1.00 bits per heavy atom. The van der Waals surface area contributed by atoms with Crippen molar-refractivity contribution in [3.05, 3.63) is 64.6 Å². The first-order valence-electron chi connectivity index (χ1n) is 4.74. The van der Waals surface area contributed by atoms with Crippen LogP contribution in [0.4, 0.5) is 0 Å². The van der Waals surface area contributed by atoms with Crippen LogP contribution in [0.15, 0.2) is 54.1 Å². The van der Waals surface area contributed by atoms with Gasteiger partial charge in [0, 0.05) is 11.6 Å². The summed E-state index contributed by atoms with van der Waals surface area (Å²) >= 11 is 1.64. The molecule has 74 valence electrons. The predicted octanol–water partition coefficient (Wildman–Crippen LogP) is 3.87. The summed E-state index contributed by atoms with van der Waals surface area (Å²) in [6.45, 7) is 0. The van der Waals surface area contributed by atoms with Gasteiger partial charge in [-0.25, -0.2) is 4.98 Å². The first-order valence-corrected chi connectivity index (χ1v) is 5.62. The Hall–Kier alpha value is -1.67. The number of thiazole rings is 1. The molecule has 0 bridgehead atoms. The minimum atomic E-state index is 1.03. The first-order chi connectivity index (χ1) is 7.45. The van der Waals surface area contributed by atoms with Crippen molar-refractivity contribution >= 4 is 23.5 Å². The molecular weight excluding hydrogens is 202 g/mol. The standard InChI is InChI=1S/C13H11NS/c1-2-6-12(7-3-1)8-4-5-9-13-14-10-11-15-13/h1-11H/b8-4+,9-5+. The topological polar surface area (TPSA) is 12.9 Å². The van der Waals surface area contributed by atoms with E-state index in [-0.39, 0.29) is 0 Å². The highest BCUT2D eigenvalue weighted by Crippen LogP contribution is 2.06. The molecule has 1 heterocycles. The lowest BCUT2D eigenvalue weighted by Gasteiger charge is -1.88. The highest BCUT2D eigenvalue weighted by molar-refractivity contribution is 7.10. The molecule has 0 saturated carbocycles. The average molecular weight is 213 g/mol. The Morgan fingerprint density at radius 3 is 2.53 bits per heavy atom. The summed E-state index contributed by atoms with van der Waals surface area (Å²) in [4.78, 5) is 4.16. The van der Waals surface area contributed by atoms with Crippen molar-refractivity contribution in [3.8, 4) is 0 Å². The van der Waals surface area contributed by atoms with Crippen molar-refractivity contribution in [1.29, 1.82) is 0 Å². The second-order valence-electron chi connectivity index (χ2n) is 3.00. The highest BCUT2D eigenvalue weighted by Gasteiger charge is 1.84. The number of aromatic nitrogens is 1. The monoisotopic (exact) mass is 213 g/mol. The second-order valence-corrected chi connectivity index (χ2v) is 3.93. The smallest absolute Gasteiger partial charge is 0.115 e. The SMILES string of the molecule is C(/C=C/c1nccs1)=C\c1ccccc1. The van der Waals surface area contributed by atoms with Gasteiger partial charge >= 0.3 is 0 Å². The number of rotatable bonds is 3. The van der Waals surface area contributed by atoms with E-state index in [2.05, 4.69) is 23.2 Å². The van der Waals surface area contributed by atoms with Crippen molar-refractivity contribution in [2.75, 3.05) is 0 Å². The van der Waals surface area contributed by atoms with Gasteiger partial charge in [-0.05, 0) is 11.6 Å². The van der Waals surface area contributed by atoms with Gasteiger partial charge in [0.25, 0.3) is 0 Å². The quantitative estimate of drug-likeness (QED) is 0.705. The summed E-state index contributed by atoms with van der Waals surface area (Å²) in [5.41, 5.74) is 1.21. The van der Waals surface area contributed by atoms with Crippen LogP contribution in [0.5, 0.6) is 0 Å². The summed E-state index contributed by atoms with van der Waals surface area (Å²) < 4.78 is 0. The van der Waals surface area contributed by atoms with E-state index in [0.29, 0.717) is 0 Å². The van der Waals surface area contributed by atoms with E-state index in [9.17, 15) is 0 Å². The van der Waals surface area contributed by atoms with E-state index in [1.54, 1.807) is 11.3 Å². The molecule has 0 spiro atoms. The maximum Gasteiger partial charge on any atom is 0.115 e. The fourth-order valence-electron chi connectivity index (χ4n) is 1.19. The third kappa shape index (κ3) is 3.18. The third-order valence-electron chi connectivity index (χ3n) is 1.89. The Morgan fingerprint density at radius 2 is 1.80 bits per heavy atom. The lowest BCUT2D eigenvalue weighted by Crippen LogP contribution is -1.67. The van der Waals surface area contributed by atoms with Crippen LogP contribution in [0.3, 0.4) is 0 Å². The van der Waals surface area contributed by atoms with Gasteiger partial charge in [-0.15, -0.1) is 11.3 Å². The average Bonchev–Trinajstić information content (AvgIpc) is 2.79. The normalized spacial score (nSPS) is 11.5. The molecule has 0 atom stereocenters. The Kier molecular flexibility index (Phi) is 3.47. The number of hydrogen-bond acceptors (Lipinski definition) is 2. The van der Waals surface area contributed by atoms with E-state index >= 15 is 0 Å². The van der Waals surface area contributed by atoms with Crippen molar-refractivity contribution in [2.24, 2.45) is 0 Å². The summed E-state index contributed by atoms with van der Waals surface area (Å²) in [7, 11) is 0. The summed E-state index contributed by atoms with van der Waals surface area (Å²) in [6, 6.07) is 10.2. The van der Waals surface area contributed by atoms with Crippen LogP contribution < -0.4 is 0 Å². The van der Waals surface area contributed by atoms with E-state index in [4.69, 9.17) is 0 Å². The van der Waals surface area contributed by atoms with E-state index in [1.807, 2.05) is 48.0 Å². The molecule has 2 rings (SSSR count). The first kappa shape index (κ1) is 9.87. The van der Waals surface area contributed by atoms with Crippen LogP contribution in [0.25, 0.3) is 12.2 Å². The van der Waals surface area contributed by atoms with Gasteiger partial charge in [-0.1, -0.05) is 48.6 Å². The zero-order valence-corrected chi connectivity index (χ0v) is 9.02. The molecule has 1 aromatic heterocycles. The molecule has 2 heteroatoms. The van der Waals surface area contributed by atoms with E-state index in [0.717, 1.165) is 5.01 Å². The summed E-state index contributed by atoms with van der Waals surface area (Å²) in [5, 5.41) is 3.01. The van der Waals surface area contributed by atoms with Crippen LogP contribution in [-0.2, 0) is 0 Å². The minimum absolute atomic E-state index is 1.03.